The summed E-state index contributed by atoms with van der Waals surface area (Å²) < 4.78 is 0. The molecule has 26 heavy (non-hydrogen) atoms. The van der Waals surface area contributed by atoms with Gasteiger partial charge in [-0.15, -0.1) is 0 Å². The van der Waals surface area contributed by atoms with E-state index in [4.69, 9.17) is 11.6 Å². The quantitative estimate of drug-likeness (QED) is 0.774. The van der Waals surface area contributed by atoms with E-state index in [1.807, 2.05) is 19.1 Å². The number of carbonyl (C=O) groups is 3. The summed E-state index contributed by atoms with van der Waals surface area (Å²) in [5, 5.41) is 6.30. The van der Waals surface area contributed by atoms with Gasteiger partial charge in [0, 0.05) is 11.6 Å². The summed E-state index contributed by atoms with van der Waals surface area (Å²) in [4.78, 5) is 38.3. The number of nitrogens with one attached hydrogen (secondary N) is 2. The van der Waals surface area contributed by atoms with Crippen molar-refractivity contribution in [3.05, 3.63) is 34.9 Å². The highest BCUT2D eigenvalue weighted by Gasteiger charge is 2.55. The van der Waals surface area contributed by atoms with E-state index in [2.05, 4.69) is 10.6 Å². The first-order chi connectivity index (χ1) is 12.4. The Morgan fingerprint density at radius 2 is 2.04 bits per heavy atom. The second kappa shape index (κ2) is 7.66. The maximum atomic E-state index is 12.8. The predicted octanol–water partition coefficient (Wildman–Crippen LogP) is 2.50. The van der Waals surface area contributed by atoms with Crippen molar-refractivity contribution in [2.24, 2.45) is 5.92 Å². The Balaban J connectivity index is 1.53. The van der Waals surface area contributed by atoms with Gasteiger partial charge in [-0.2, -0.15) is 0 Å². The Bertz CT molecular complexity index is 706. The number of halogens is 1. The van der Waals surface area contributed by atoms with Crippen LogP contribution in [0.5, 0.6) is 0 Å². The zero-order valence-corrected chi connectivity index (χ0v) is 15.6. The van der Waals surface area contributed by atoms with Crippen LogP contribution in [0.2, 0.25) is 5.02 Å². The minimum absolute atomic E-state index is 0.0886. The van der Waals surface area contributed by atoms with Crippen LogP contribution in [0, 0.1) is 5.92 Å². The third kappa shape index (κ3) is 3.70. The molecule has 1 saturated heterocycles. The van der Waals surface area contributed by atoms with Crippen molar-refractivity contribution in [3.63, 3.8) is 0 Å². The van der Waals surface area contributed by atoms with Crippen molar-refractivity contribution in [3.8, 4) is 0 Å². The molecule has 1 aromatic rings. The summed E-state index contributed by atoms with van der Waals surface area (Å²) in [6, 6.07) is 6.95. The molecule has 3 rings (SSSR count). The molecule has 0 radical (unpaired) electrons. The summed E-state index contributed by atoms with van der Waals surface area (Å²) in [6.45, 7) is 2.19. The van der Waals surface area contributed by atoms with Crippen molar-refractivity contribution in [1.29, 1.82) is 0 Å². The average molecular weight is 378 g/mol. The second-order valence-electron chi connectivity index (χ2n) is 7.17. The van der Waals surface area contributed by atoms with Crippen molar-refractivity contribution < 1.29 is 14.4 Å². The van der Waals surface area contributed by atoms with Gasteiger partial charge in [-0.05, 0) is 42.9 Å². The molecule has 1 spiro atoms. The van der Waals surface area contributed by atoms with E-state index < -0.39 is 11.6 Å². The number of rotatable bonds is 5. The van der Waals surface area contributed by atoms with Crippen molar-refractivity contribution >= 4 is 29.4 Å². The molecule has 1 heterocycles. The van der Waals surface area contributed by atoms with E-state index in [0.29, 0.717) is 24.4 Å². The molecule has 2 N–H and O–H groups in total. The highest BCUT2D eigenvalue weighted by Crippen LogP contribution is 2.38. The first-order valence-corrected chi connectivity index (χ1v) is 9.45. The van der Waals surface area contributed by atoms with E-state index in [1.165, 1.54) is 0 Å². The standard InChI is InChI=1S/C19H24ClN3O3/c1-13-4-2-3-10-19(13)17(25)23(18(26)22-19)12-16(24)21-11-9-14-5-7-15(20)8-6-14/h5-8,13H,2-4,9-12H2,1H3,(H,21,24)(H,22,26)/t13-,19-/m0/s1. The van der Waals surface area contributed by atoms with Gasteiger partial charge >= 0.3 is 6.03 Å². The summed E-state index contributed by atoms with van der Waals surface area (Å²) in [5.41, 5.74) is 0.235. The summed E-state index contributed by atoms with van der Waals surface area (Å²) in [6.07, 6.45) is 4.19. The van der Waals surface area contributed by atoms with Gasteiger partial charge in [0.25, 0.3) is 5.91 Å². The molecule has 1 aliphatic heterocycles. The molecular weight excluding hydrogens is 354 g/mol. The van der Waals surface area contributed by atoms with E-state index in [1.54, 1.807) is 12.1 Å². The van der Waals surface area contributed by atoms with Crippen LogP contribution < -0.4 is 10.6 Å². The summed E-state index contributed by atoms with van der Waals surface area (Å²) >= 11 is 5.85. The van der Waals surface area contributed by atoms with Gasteiger partial charge in [0.15, 0.2) is 0 Å². The van der Waals surface area contributed by atoms with Gasteiger partial charge in [-0.1, -0.05) is 43.5 Å². The number of carbonyl (C=O) groups excluding carboxylic acids is 3. The Kier molecular flexibility index (Phi) is 5.51. The van der Waals surface area contributed by atoms with Crippen LogP contribution in [0.1, 0.15) is 38.2 Å². The third-order valence-corrected chi connectivity index (χ3v) is 5.70. The topological polar surface area (TPSA) is 78.5 Å². The van der Waals surface area contributed by atoms with Crippen LogP contribution in [-0.4, -0.2) is 41.4 Å². The van der Waals surface area contributed by atoms with Gasteiger partial charge in [-0.3, -0.25) is 14.5 Å². The summed E-state index contributed by atoms with van der Waals surface area (Å²) in [7, 11) is 0. The second-order valence-corrected chi connectivity index (χ2v) is 7.60. The van der Waals surface area contributed by atoms with Crippen molar-refractivity contribution in [2.75, 3.05) is 13.1 Å². The Labute approximate surface area is 158 Å². The van der Waals surface area contributed by atoms with Crippen LogP contribution in [0.25, 0.3) is 0 Å². The molecule has 1 aliphatic carbocycles. The number of imide groups is 1. The Morgan fingerprint density at radius 1 is 1.31 bits per heavy atom. The van der Waals surface area contributed by atoms with Crippen molar-refractivity contribution in [1.82, 2.24) is 15.5 Å². The van der Waals surface area contributed by atoms with Crippen LogP contribution in [0.15, 0.2) is 24.3 Å². The molecule has 2 fully saturated rings. The van der Waals surface area contributed by atoms with Crippen LogP contribution in [-0.2, 0) is 16.0 Å². The minimum Gasteiger partial charge on any atom is -0.354 e. The lowest BCUT2D eigenvalue weighted by Crippen LogP contribution is -2.54. The van der Waals surface area contributed by atoms with Crippen LogP contribution >= 0.6 is 11.6 Å². The van der Waals surface area contributed by atoms with Crippen LogP contribution in [0.4, 0.5) is 4.79 Å². The number of nitrogens with zero attached hydrogens (tertiary/aromatic N) is 1. The molecular formula is C19H24ClN3O3. The lowest BCUT2D eigenvalue weighted by Gasteiger charge is -2.36. The maximum Gasteiger partial charge on any atom is 0.325 e. The van der Waals surface area contributed by atoms with Gasteiger partial charge < -0.3 is 10.6 Å². The lowest BCUT2D eigenvalue weighted by atomic mass is 9.73. The zero-order chi connectivity index (χ0) is 18.7. The van der Waals surface area contributed by atoms with Crippen molar-refractivity contribution in [2.45, 2.75) is 44.6 Å². The molecule has 140 valence electrons. The third-order valence-electron chi connectivity index (χ3n) is 5.45. The van der Waals surface area contributed by atoms with Gasteiger partial charge in [0.05, 0.1) is 0 Å². The van der Waals surface area contributed by atoms with Gasteiger partial charge in [-0.25, -0.2) is 4.79 Å². The fourth-order valence-corrected chi connectivity index (χ4v) is 3.96. The first kappa shape index (κ1) is 18.7. The molecule has 0 bridgehead atoms. The monoisotopic (exact) mass is 377 g/mol. The van der Waals surface area contributed by atoms with Gasteiger partial charge in [0.2, 0.25) is 5.91 Å². The molecule has 4 amide bonds. The molecule has 2 atom stereocenters. The average Bonchev–Trinajstić information content (AvgIpc) is 2.84. The van der Waals surface area contributed by atoms with E-state index >= 15 is 0 Å². The summed E-state index contributed by atoms with van der Waals surface area (Å²) in [5.74, 6) is -0.504. The Hall–Kier alpha value is -2.08. The van der Waals surface area contributed by atoms with Crippen LogP contribution in [0.3, 0.4) is 0 Å². The van der Waals surface area contributed by atoms with E-state index in [9.17, 15) is 14.4 Å². The molecule has 0 unspecified atom stereocenters. The number of hydrogen-bond acceptors (Lipinski definition) is 3. The fraction of sp³-hybridized carbons (Fsp3) is 0.526. The number of hydrogen-bond donors (Lipinski definition) is 2. The predicted molar refractivity (Wildman–Crippen MR) is 98.8 cm³/mol. The fourth-order valence-electron chi connectivity index (χ4n) is 3.84. The molecule has 1 saturated carbocycles. The molecule has 2 aliphatic rings. The Morgan fingerprint density at radius 3 is 2.73 bits per heavy atom. The smallest absolute Gasteiger partial charge is 0.325 e. The molecule has 0 aromatic heterocycles. The SMILES string of the molecule is C[C@H]1CCCC[C@]12NC(=O)N(CC(=O)NCCc1ccc(Cl)cc1)C2=O. The number of benzene rings is 1. The van der Waals surface area contributed by atoms with E-state index in [0.717, 1.165) is 29.7 Å². The zero-order valence-electron chi connectivity index (χ0n) is 14.9. The largest absolute Gasteiger partial charge is 0.354 e. The molecule has 7 heteroatoms. The molecule has 6 nitrogen and oxygen atoms in total. The number of amides is 4. The molecule has 1 aromatic carbocycles. The normalized spacial score (nSPS) is 25.5. The highest BCUT2D eigenvalue weighted by molar-refractivity contribution is 6.30. The first-order valence-electron chi connectivity index (χ1n) is 9.07. The lowest BCUT2D eigenvalue weighted by molar-refractivity contribution is -0.137. The van der Waals surface area contributed by atoms with Gasteiger partial charge in [0.1, 0.15) is 12.1 Å². The maximum absolute atomic E-state index is 12.8. The minimum atomic E-state index is -0.821. The number of urea groups is 1. The highest BCUT2D eigenvalue weighted by atomic mass is 35.5. The van der Waals surface area contributed by atoms with E-state index in [-0.39, 0.29) is 24.3 Å².